The Morgan fingerprint density at radius 2 is 2.08 bits per heavy atom. The van der Waals surface area contributed by atoms with E-state index in [1.54, 1.807) is 29.2 Å². The summed E-state index contributed by atoms with van der Waals surface area (Å²) in [5, 5.41) is 0.307. The second-order valence-electron chi connectivity index (χ2n) is 5.92. The average Bonchev–Trinajstić information content (AvgIpc) is 3.09. The fourth-order valence-electron chi connectivity index (χ4n) is 3.21. The van der Waals surface area contributed by atoms with Crippen LogP contribution in [0.5, 0.6) is 17.2 Å². The highest BCUT2D eigenvalue weighted by Crippen LogP contribution is 2.40. The van der Waals surface area contributed by atoms with Gasteiger partial charge in [-0.15, -0.1) is 0 Å². The highest BCUT2D eigenvalue weighted by Gasteiger charge is 2.27. The summed E-state index contributed by atoms with van der Waals surface area (Å²) in [5.41, 5.74) is 1.84. The molecule has 0 fully saturated rings. The van der Waals surface area contributed by atoms with Crippen LogP contribution in [0.15, 0.2) is 30.3 Å². The molecule has 2 heterocycles. The van der Waals surface area contributed by atoms with Gasteiger partial charge in [0, 0.05) is 17.8 Å². The molecule has 8 heteroatoms. The lowest BCUT2D eigenvalue weighted by molar-refractivity contribution is -0.0498. The minimum atomic E-state index is -2.88. The van der Waals surface area contributed by atoms with E-state index in [9.17, 15) is 13.6 Å². The van der Waals surface area contributed by atoms with Crippen molar-refractivity contribution in [2.24, 2.45) is 0 Å². The van der Waals surface area contributed by atoms with Crippen LogP contribution < -0.4 is 19.1 Å². The topological polar surface area (TPSA) is 48.0 Å². The number of alkyl halides is 2. The van der Waals surface area contributed by atoms with Crippen LogP contribution in [0.3, 0.4) is 0 Å². The predicted molar refractivity (Wildman–Crippen MR) is 90.6 cm³/mol. The molecule has 0 N–H and O–H groups in total. The lowest BCUT2D eigenvalue weighted by Gasteiger charge is -2.30. The molecule has 1 amide bonds. The van der Waals surface area contributed by atoms with Crippen LogP contribution >= 0.6 is 11.6 Å². The van der Waals surface area contributed by atoms with Gasteiger partial charge in [0.2, 0.25) is 6.79 Å². The maximum Gasteiger partial charge on any atom is 0.387 e. The number of hydrogen-bond donors (Lipinski definition) is 0. The van der Waals surface area contributed by atoms with Crippen LogP contribution in [0, 0.1) is 0 Å². The van der Waals surface area contributed by atoms with Gasteiger partial charge in [0.1, 0.15) is 5.75 Å². The van der Waals surface area contributed by atoms with E-state index in [0.29, 0.717) is 40.7 Å². The second kappa shape index (κ2) is 6.64. The molecular weight excluding hydrogens is 368 g/mol. The summed E-state index contributed by atoms with van der Waals surface area (Å²) < 4.78 is 39.8. The number of halogens is 3. The van der Waals surface area contributed by atoms with E-state index in [4.69, 9.17) is 21.1 Å². The van der Waals surface area contributed by atoms with Gasteiger partial charge >= 0.3 is 6.61 Å². The second-order valence-corrected chi connectivity index (χ2v) is 6.33. The van der Waals surface area contributed by atoms with Gasteiger partial charge in [-0.25, -0.2) is 0 Å². The zero-order valence-corrected chi connectivity index (χ0v) is 14.3. The fraction of sp³-hybridized carbons (Fsp3) is 0.278. The summed E-state index contributed by atoms with van der Waals surface area (Å²) in [6.07, 6.45) is 1.40. The van der Waals surface area contributed by atoms with Crippen LogP contribution in [0.4, 0.5) is 14.5 Å². The maximum absolute atomic E-state index is 13.0. The van der Waals surface area contributed by atoms with E-state index >= 15 is 0 Å². The monoisotopic (exact) mass is 381 g/mol. The lowest BCUT2D eigenvalue weighted by Crippen LogP contribution is -2.35. The Bertz CT molecular complexity index is 875. The normalized spacial score (nSPS) is 15.2. The smallest absolute Gasteiger partial charge is 0.387 e. The average molecular weight is 382 g/mol. The zero-order valence-electron chi connectivity index (χ0n) is 13.5. The minimum Gasteiger partial charge on any atom is -0.454 e. The first kappa shape index (κ1) is 16.9. The summed E-state index contributed by atoms with van der Waals surface area (Å²) in [5.74, 6) is 0.697. The standard InChI is InChI=1S/C18H14ClF2NO4/c19-13-7-11(8-15-16(13)25-9-24-15)17(23)22-5-1-2-10-6-12(26-18(20)21)3-4-14(10)22/h3-4,6-8,18H,1-2,5,9H2. The Morgan fingerprint density at radius 1 is 1.23 bits per heavy atom. The maximum atomic E-state index is 13.0. The molecule has 4 rings (SSSR count). The predicted octanol–water partition coefficient (Wildman–Crippen LogP) is 4.26. The van der Waals surface area contributed by atoms with Crippen molar-refractivity contribution in [3.8, 4) is 17.2 Å². The van der Waals surface area contributed by atoms with Gasteiger partial charge in [-0.05, 0) is 48.7 Å². The summed E-state index contributed by atoms with van der Waals surface area (Å²) in [6, 6.07) is 7.74. The summed E-state index contributed by atoms with van der Waals surface area (Å²) in [6.45, 7) is -2.30. The van der Waals surface area contributed by atoms with E-state index in [0.717, 1.165) is 12.0 Å². The molecule has 5 nitrogen and oxygen atoms in total. The van der Waals surface area contributed by atoms with E-state index < -0.39 is 6.61 Å². The van der Waals surface area contributed by atoms with Crippen molar-refractivity contribution in [1.82, 2.24) is 0 Å². The highest BCUT2D eigenvalue weighted by atomic mass is 35.5. The molecule has 0 bridgehead atoms. The van der Waals surface area contributed by atoms with Gasteiger partial charge in [-0.2, -0.15) is 8.78 Å². The number of amides is 1. The number of carbonyl (C=O) groups is 1. The Balaban J connectivity index is 1.65. The SMILES string of the molecule is O=C(c1cc(Cl)c2c(c1)OCO2)N1CCCc2cc(OC(F)F)ccc21. The number of anilines is 1. The number of carbonyl (C=O) groups excluding carboxylic acids is 1. The van der Waals surface area contributed by atoms with Gasteiger partial charge in [0.15, 0.2) is 11.5 Å². The van der Waals surface area contributed by atoms with Crippen LogP contribution in [0.2, 0.25) is 5.02 Å². The van der Waals surface area contributed by atoms with Crippen molar-refractivity contribution >= 4 is 23.2 Å². The van der Waals surface area contributed by atoms with Crippen molar-refractivity contribution in [3.63, 3.8) is 0 Å². The Hall–Kier alpha value is -2.54. The largest absolute Gasteiger partial charge is 0.454 e. The third-order valence-corrected chi connectivity index (χ3v) is 4.59. The first-order chi connectivity index (χ1) is 12.5. The quantitative estimate of drug-likeness (QED) is 0.797. The van der Waals surface area contributed by atoms with Gasteiger partial charge in [0.25, 0.3) is 5.91 Å². The van der Waals surface area contributed by atoms with Crippen LogP contribution in [0.1, 0.15) is 22.3 Å². The third-order valence-electron chi connectivity index (χ3n) is 4.31. The summed E-state index contributed by atoms with van der Waals surface area (Å²) in [4.78, 5) is 14.6. The molecule has 0 radical (unpaired) electrons. The summed E-state index contributed by atoms with van der Waals surface area (Å²) >= 11 is 6.16. The number of benzene rings is 2. The molecule has 0 aliphatic carbocycles. The third kappa shape index (κ3) is 3.03. The molecule has 0 saturated carbocycles. The summed E-state index contributed by atoms with van der Waals surface area (Å²) in [7, 11) is 0. The van der Waals surface area contributed by atoms with Crippen LogP contribution in [0.25, 0.3) is 0 Å². The number of aryl methyl sites for hydroxylation is 1. The van der Waals surface area contributed by atoms with E-state index in [1.807, 2.05) is 0 Å². The molecule has 0 aromatic heterocycles. The van der Waals surface area contributed by atoms with E-state index in [1.165, 1.54) is 6.07 Å². The van der Waals surface area contributed by atoms with Gasteiger partial charge in [-0.3, -0.25) is 4.79 Å². The van der Waals surface area contributed by atoms with E-state index in [2.05, 4.69) is 4.74 Å². The van der Waals surface area contributed by atoms with Gasteiger partial charge in [-0.1, -0.05) is 11.6 Å². The highest BCUT2D eigenvalue weighted by molar-refractivity contribution is 6.33. The first-order valence-corrected chi connectivity index (χ1v) is 8.39. The van der Waals surface area contributed by atoms with Crippen molar-refractivity contribution in [3.05, 3.63) is 46.5 Å². The molecule has 2 aliphatic rings. The Morgan fingerprint density at radius 3 is 2.88 bits per heavy atom. The molecule has 2 aromatic rings. The van der Waals surface area contributed by atoms with Crippen molar-refractivity contribution in [1.29, 1.82) is 0 Å². The molecule has 0 unspecified atom stereocenters. The molecule has 136 valence electrons. The van der Waals surface area contributed by atoms with Crippen molar-refractivity contribution in [2.75, 3.05) is 18.2 Å². The number of hydrogen-bond acceptors (Lipinski definition) is 4. The molecule has 2 aromatic carbocycles. The molecule has 0 saturated heterocycles. The number of ether oxygens (including phenoxy) is 3. The van der Waals surface area contributed by atoms with E-state index in [-0.39, 0.29) is 18.4 Å². The fourth-order valence-corrected chi connectivity index (χ4v) is 3.47. The Labute approximate surface area is 153 Å². The molecule has 0 spiro atoms. The number of fused-ring (bicyclic) bond motifs is 2. The lowest BCUT2D eigenvalue weighted by atomic mass is 10.00. The van der Waals surface area contributed by atoms with Crippen molar-refractivity contribution < 1.29 is 27.8 Å². The Kier molecular flexibility index (Phi) is 4.32. The molecule has 0 atom stereocenters. The van der Waals surface area contributed by atoms with Crippen LogP contribution in [-0.4, -0.2) is 25.9 Å². The minimum absolute atomic E-state index is 0.0617. The molecule has 2 aliphatic heterocycles. The number of nitrogens with zero attached hydrogens (tertiary/aromatic N) is 1. The zero-order chi connectivity index (χ0) is 18.3. The van der Waals surface area contributed by atoms with Gasteiger partial charge in [0.05, 0.1) is 5.02 Å². The first-order valence-electron chi connectivity index (χ1n) is 8.01. The van der Waals surface area contributed by atoms with Crippen LogP contribution in [-0.2, 0) is 6.42 Å². The molecular formula is C18H14ClF2NO4. The van der Waals surface area contributed by atoms with Crippen molar-refractivity contribution in [2.45, 2.75) is 19.5 Å². The molecule has 26 heavy (non-hydrogen) atoms. The van der Waals surface area contributed by atoms with Gasteiger partial charge < -0.3 is 19.1 Å². The number of rotatable bonds is 3.